The first-order valence-corrected chi connectivity index (χ1v) is 6.45. The van der Waals surface area contributed by atoms with E-state index < -0.39 is 0 Å². The molecule has 3 rings (SSSR count). The second kappa shape index (κ2) is 4.14. The van der Waals surface area contributed by atoms with Crippen LogP contribution in [0.2, 0.25) is 0 Å². The van der Waals surface area contributed by atoms with E-state index in [1.54, 1.807) is 0 Å². The third-order valence-electron chi connectivity index (χ3n) is 3.00. The van der Waals surface area contributed by atoms with Crippen molar-refractivity contribution in [2.45, 2.75) is 19.9 Å². The van der Waals surface area contributed by atoms with E-state index in [9.17, 15) is 0 Å². The maximum Gasteiger partial charge on any atom is 0.229 e. The SMILES string of the molecule is CC1=CC=CC(N2CCn3nc(Br)nc32)=CC1. The van der Waals surface area contributed by atoms with Gasteiger partial charge in [0, 0.05) is 12.2 Å². The molecule has 0 saturated heterocycles. The van der Waals surface area contributed by atoms with Crippen LogP contribution in [0.4, 0.5) is 5.95 Å². The van der Waals surface area contributed by atoms with Gasteiger partial charge in [0.15, 0.2) is 0 Å². The topological polar surface area (TPSA) is 34.0 Å². The largest absolute Gasteiger partial charge is 0.309 e. The monoisotopic (exact) mass is 292 g/mol. The third-order valence-corrected chi connectivity index (χ3v) is 3.33. The van der Waals surface area contributed by atoms with Crippen LogP contribution in [0.25, 0.3) is 0 Å². The van der Waals surface area contributed by atoms with Crippen molar-refractivity contribution in [1.82, 2.24) is 14.8 Å². The van der Waals surface area contributed by atoms with Gasteiger partial charge in [0.1, 0.15) is 0 Å². The van der Waals surface area contributed by atoms with Gasteiger partial charge in [-0.3, -0.25) is 0 Å². The molecule has 0 bridgehead atoms. The van der Waals surface area contributed by atoms with Gasteiger partial charge in [0.2, 0.25) is 10.7 Å². The fraction of sp³-hybridized carbons (Fsp3) is 0.333. The average Bonchev–Trinajstić information content (AvgIpc) is 2.74. The first-order chi connectivity index (χ1) is 8.24. The summed E-state index contributed by atoms with van der Waals surface area (Å²) in [5.41, 5.74) is 2.58. The van der Waals surface area contributed by atoms with Gasteiger partial charge in [-0.2, -0.15) is 4.98 Å². The van der Waals surface area contributed by atoms with Crippen molar-refractivity contribution >= 4 is 21.9 Å². The summed E-state index contributed by atoms with van der Waals surface area (Å²) in [5.74, 6) is 0.923. The zero-order valence-electron chi connectivity index (χ0n) is 9.60. The predicted molar refractivity (Wildman–Crippen MR) is 70.7 cm³/mol. The minimum absolute atomic E-state index is 0.657. The molecule has 4 nitrogen and oxygen atoms in total. The lowest BCUT2D eigenvalue weighted by molar-refractivity contribution is 0.686. The molecule has 0 N–H and O–H groups in total. The summed E-state index contributed by atoms with van der Waals surface area (Å²) in [7, 11) is 0. The zero-order valence-corrected chi connectivity index (χ0v) is 11.2. The van der Waals surface area contributed by atoms with Gasteiger partial charge in [-0.05, 0) is 35.4 Å². The van der Waals surface area contributed by atoms with Crippen LogP contribution < -0.4 is 4.90 Å². The predicted octanol–water partition coefficient (Wildman–Crippen LogP) is 2.65. The molecule has 88 valence electrons. The highest BCUT2D eigenvalue weighted by atomic mass is 79.9. The number of hydrogen-bond donors (Lipinski definition) is 0. The number of anilines is 1. The highest BCUT2D eigenvalue weighted by molar-refractivity contribution is 9.10. The molecule has 0 aromatic carbocycles. The van der Waals surface area contributed by atoms with Crippen LogP contribution in [0.15, 0.2) is 40.3 Å². The van der Waals surface area contributed by atoms with E-state index in [0.29, 0.717) is 4.73 Å². The van der Waals surface area contributed by atoms with Crippen molar-refractivity contribution in [1.29, 1.82) is 0 Å². The Morgan fingerprint density at radius 3 is 3.12 bits per heavy atom. The summed E-state index contributed by atoms with van der Waals surface area (Å²) < 4.78 is 2.59. The molecule has 1 aromatic rings. The number of aromatic nitrogens is 3. The number of rotatable bonds is 1. The van der Waals surface area contributed by atoms with Gasteiger partial charge in [-0.15, -0.1) is 5.10 Å². The number of hydrogen-bond acceptors (Lipinski definition) is 3. The van der Waals surface area contributed by atoms with Gasteiger partial charge in [-0.1, -0.05) is 23.8 Å². The van der Waals surface area contributed by atoms with Crippen LogP contribution in [0.1, 0.15) is 13.3 Å². The molecule has 2 aliphatic rings. The zero-order chi connectivity index (χ0) is 11.8. The molecule has 5 heteroatoms. The molecule has 1 aromatic heterocycles. The molecule has 0 spiro atoms. The van der Waals surface area contributed by atoms with Crippen LogP contribution in [0, 0.1) is 0 Å². The lowest BCUT2D eigenvalue weighted by Gasteiger charge is -2.16. The van der Waals surface area contributed by atoms with E-state index >= 15 is 0 Å². The molecule has 0 unspecified atom stereocenters. The second-order valence-electron chi connectivity index (χ2n) is 4.26. The van der Waals surface area contributed by atoms with E-state index in [4.69, 9.17) is 0 Å². The Bertz CT molecular complexity index is 539. The minimum atomic E-state index is 0.657. The van der Waals surface area contributed by atoms with E-state index in [0.717, 1.165) is 25.5 Å². The van der Waals surface area contributed by atoms with Crippen molar-refractivity contribution in [2.24, 2.45) is 0 Å². The van der Waals surface area contributed by atoms with Crippen LogP contribution in [0.5, 0.6) is 0 Å². The van der Waals surface area contributed by atoms with Gasteiger partial charge < -0.3 is 4.90 Å². The molecular weight excluding hydrogens is 280 g/mol. The summed E-state index contributed by atoms with van der Waals surface area (Å²) >= 11 is 3.32. The Hall–Kier alpha value is -1.36. The molecule has 0 saturated carbocycles. The van der Waals surface area contributed by atoms with E-state index in [2.05, 4.69) is 62.1 Å². The van der Waals surface area contributed by atoms with Gasteiger partial charge in [-0.25, -0.2) is 4.68 Å². The maximum absolute atomic E-state index is 4.40. The fourth-order valence-corrected chi connectivity index (χ4v) is 2.46. The average molecular weight is 293 g/mol. The molecule has 17 heavy (non-hydrogen) atoms. The van der Waals surface area contributed by atoms with E-state index in [-0.39, 0.29) is 0 Å². The molecule has 0 radical (unpaired) electrons. The molecule has 0 amide bonds. The fourth-order valence-electron chi connectivity index (χ4n) is 2.11. The van der Waals surface area contributed by atoms with E-state index in [1.165, 1.54) is 11.3 Å². The van der Waals surface area contributed by atoms with Crippen LogP contribution in [-0.2, 0) is 6.54 Å². The van der Waals surface area contributed by atoms with Crippen molar-refractivity contribution in [3.63, 3.8) is 0 Å². The van der Waals surface area contributed by atoms with Crippen LogP contribution in [-0.4, -0.2) is 21.3 Å². The molecule has 2 heterocycles. The lowest BCUT2D eigenvalue weighted by Crippen LogP contribution is -2.19. The molecule has 0 fully saturated rings. The van der Waals surface area contributed by atoms with Gasteiger partial charge in [0.05, 0.1) is 6.54 Å². The Morgan fingerprint density at radius 2 is 2.24 bits per heavy atom. The van der Waals surface area contributed by atoms with Crippen molar-refractivity contribution in [2.75, 3.05) is 11.4 Å². The van der Waals surface area contributed by atoms with Crippen molar-refractivity contribution in [3.8, 4) is 0 Å². The number of allylic oxidation sites excluding steroid dienone is 5. The Morgan fingerprint density at radius 1 is 1.35 bits per heavy atom. The van der Waals surface area contributed by atoms with Crippen molar-refractivity contribution < 1.29 is 0 Å². The Balaban J connectivity index is 1.92. The third kappa shape index (κ3) is 1.95. The van der Waals surface area contributed by atoms with Gasteiger partial charge >= 0.3 is 0 Å². The summed E-state index contributed by atoms with van der Waals surface area (Å²) in [5, 5.41) is 4.29. The molecule has 0 atom stereocenters. The smallest absolute Gasteiger partial charge is 0.229 e. The molecule has 1 aliphatic heterocycles. The normalized spacial score (nSPS) is 18.8. The van der Waals surface area contributed by atoms with Crippen LogP contribution in [0.3, 0.4) is 0 Å². The lowest BCUT2D eigenvalue weighted by atomic mass is 10.2. The van der Waals surface area contributed by atoms with Crippen molar-refractivity contribution in [3.05, 3.63) is 40.3 Å². The standard InChI is InChI=1S/C12H13BrN4/c1-9-3-2-4-10(6-5-9)16-7-8-17-12(16)14-11(13)15-17/h2-4,6H,5,7-8H2,1H3. The first kappa shape index (κ1) is 10.8. The number of nitrogens with zero attached hydrogens (tertiary/aromatic N) is 4. The summed E-state index contributed by atoms with van der Waals surface area (Å²) in [4.78, 5) is 6.61. The van der Waals surface area contributed by atoms with E-state index in [1.807, 2.05) is 4.68 Å². The first-order valence-electron chi connectivity index (χ1n) is 5.66. The molecule has 1 aliphatic carbocycles. The highest BCUT2D eigenvalue weighted by Crippen LogP contribution is 2.26. The number of fused-ring (bicyclic) bond motifs is 1. The highest BCUT2D eigenvalue weighted by Gasteiger charge is 2.24. The van der Waals surface area contributed by atoms with Gasteiger partial charge in [0.25, 0.3) is 0 Å². The summed E-state index contributed by atoms with van der Waals surface area (Å²) in [6.45, 7) is 3.98. The maximum atomic E-state index is 4.40. The Kier molecular flexibility index (Phi) is 2.63. The Labute approximate surface area is 108 Å². The second-order valence-corrected chi connectivity index (χ2v) is 4.97. The quantitative estimate of drug-likeness (QED) is 0.798. The summed E-state index contributed by atoms with van der Waals surface area (Å²) in [6, 6.07) is 0. The molecular formula is C12H13BrN4. The summed E-state index contributed by atoms with van der Waals surface area (Å²) in [6.07, 6.45) is 9.62. The minimum Gasteiger partial charge on any atom is -0.309 e. The number of halogens is 1. The van der Waals surface area contributed by atoms with Crippen LogP contribution >= 0.6 is 15.9 Å².